The Morgan fingerprint density at radius 2 is 2.00 bits per heavy atom. The van der Waals surface area contributed by atoms with Crippen LogP contribution in [0, 0.1) is 0 Å². The summed E-state index contributed by atoms with van der Waals surface area (Å²) >= 11 is 1.71. The number of pyridine rings is 1. The summed E-state index contributed by atoms with van der Waals surface area (Å²) in [4.78, 5) is 4.40. The van der Waals surface area contributed by atoms with Crippen molar-refractivity contribution in [2.24, 2.45) is 0 Å². The topological polar surface area (TPSA) is 42.7 Å². The van der Waals surface area contributed by atoms with Crippen LogP contribution in [0.25, 0.3) is 15.9 Å². The van der Waals surface area contributed by atoms with E-state index in [9.17, 15) is 0 Å². The lowest BCUT2D eigenvalue weighted by atomic mass is 10.1. The summed E-state index contributed by atoms with van der Waals surface area (Å²) in [5.74, 6) is 0. The highest BCUT2D eigenvalue weighted by Crippen LogP contribution is 2.31. The monoisotopic (exact) mass is 320 g/mol. The number of rotatable bonds is 4. The lowest BCUT2D eigenvalue weighted by Crippen LogP contribution is -2.10. The first-order valence-corrected chi connectivity index (χ1v) is 8.38. The first kappa shape index (κ1) is 14.0. The van der Waals surface area contributed by atoms with E-state index >= 15 is 0 Å². The van der Waals surface area contributed by atoms with E-state index in [-0.39, 0.29) is 6.04 Å². The van der Waals surface area contributed by atoms with E-state index < -0.39 is 0 Å². The van der Waals surface area contributed by atoms with Gasteiger partial charge in [0.15, 0.2) is 0 Å². The van der Waals surface area contributed by atoms with Crippen molar-refractivity contribution in [3.8, 4) is 5.69 Å². The van der Waals surface area contributed by atoms with Crippen LogP contribution in [-0.4, -0.2) is 14.8 Å². The average molecular weight is 320 g/mol. The van der Waals surface area contributed by atoms with Crippen LogP contribution in [0.2, 0.25) is 0 Å². The third-order valence-corrected chi connectivity index (χ3v) is 4.81. The van der Waals surface area contributed by atoms with Crippen LogP contribution < -0.4 is 5.32 Å². The fourth-order valence-corrected chi connectivity index (χ4v) is 3.60. The third kappa shape index (κ3) is 2.59. The lowest BCUT2D eigenvalue weighted by Gasteiger charge is -2.19. The summed E-state index contributed by atoms with van der Waals surface area (Å²) in [6.45, 7) is 2.17. The van der Waals surface area contributed by atoms with E-state index in [0.29, 0.717) is 0 Å². The van der Waals surface area contributed by atoms with Crippen molar-refractivity contribution in [1.29, 1.82) is 0 Å². The van der Waals surface area contributed by atoms with Crippen LogP contribution in [-0.2, 0) is 0 Å². The minimum atomic E-state index is 0.156. The number of hydrogen-bond acceptors (Lipinski definition) is 4. The molecule has 3 aromatic heterocycles. The Morgan fingerprint density at radius 1 is 1.09 bits per heavy atom. The predicted octanol–water partition coefficient (Wildman–Crippen LogP) is 4.66. The number of hydrogen-bond donors (Lipinski definition) is 1. The highest BCUT2D eigenvalue weighted by atomic mass is 32.1. The van der Waals surface area contributed by atoms with Crippen LogP contribution in [0.4, 0.5) is 5.69 Å². The molecule has 0 aliphatic carbocycles. The van der Waals surface area contributed by atoms with E-state index in [1.54, 1.807) is 17.5 Å². The minimum Gasteiger partial charge on any atom is -0.377 e. The van der Waals surface area contributed by atoms with Crippen molar-refractivity contribution in [3.63, 3.8) is 0 Å². The Labute approximate surface area is 138 Å². The molecule has 0 aliphatic heterocycles. The normalized spacial score (nSPS) is 12.4. The molecule has 4 rings (SSSR count). The number of fused-ring (bicyclic) bond motifs is 1. The second-order valence-corrected chi connectivity index (χ2v) is 6.29. The van der Waals surface area contributed by atoms with E-state index in [0.717, 1.165) is 16.9 Å². The van der Waals surface area contributed by atoms with Crippen LogP contribution in [0.1, 0.15) is 18.5 Å². The molecule has 0 saturated carbocycles. The largest absolute Gasteiger partial charge is 0.377 e. The van der Waals surface area contributed by atoms with Gasteiger partial charge < -0.3 is 5.32 Å². The van der Waals surface area contributed by atoms with Gasteiger partial charge in [0.1, 0.15) is 0 Å². The molecule has 0 aliphatic rings. The molecule has 1 atom stereocenters. The smallest absolute Gasteiger partial charge is 0.0830 e. The maximum absolute atomic E-state index is 4.40. The van der Waals surface area contributed by atoms with Crippen molar-refractivity contribution < 1.29 is 0 Å². The number of aromatic nitrogens is 3. The van der Waals surface area contributed by atoms with Gasteiger partial charge in [-0.2, -0.15) is 5.10 Å². The van der Waals surface area contributed by atoms with Gasteiger partial charge in [0, 0.05) is 18.6 Å². The summed E-state index contributed by atoms with van der Waals surface area (Å²) in [5.41, 5.74) is 4.45. The van der Waals surface area contributed by atoms with Gasteiger partial charge in [-0.05, 0) is 42.1 Å². The van der Waals surface area contributed by atoms with Crippen LogP contribution >= 0.6 is 11.3 Å². The molecule has 5 heteroatoms. The molecule has 1 N–H and O–H groups in total. The SMILES string of the molecule is CC(Nc1ccnc2ccsc12)c1ccccc1-n1cccn1. The molecule has 4 nitrogen and oxygen atoms in total. The highest BCUT2D eigenvalue weighted by Gasteiger charge is 2.13. The molecule has 23 heavy (non-hydrogen) atoms. The van der Waals surface area contributed by atoms with Crippen molar-refractivity contribution >= 4 is 27.2 Å². The van der Waals surface area contributed by atoms with Gasteiger partial charge in [0.05, 0.1) is 27.6 Å². The molecule has 0 fully saturated rings. The summed E-state index contributed by atoms with van der Waals surface area (Å²) in [6, 6.07) is 14.5. The maximum Gasteiger partial charge on any atom is 0.0830 e. The van der Waals surface area contributed by atoms with E-state index in [1.165, 1.54) is 10.3 Å². The van der Waals surface area contributed by atoms with Gasteiger partial charge in [0.25, 0.3) is 0 Å². The fourth-order valence-electron chi connectivity index (χ4n) is 2.77. The molecule has 4 aromatic rings. The number of thiophene rings is 1. The van der Waals surface area contributed by atoms with E-state index in [1.807, 2.05) is 41.3 Å². The molecule has 0 radical (unpaired) electrons. The molecule has 0 bridgehead atoms. The number of nitrogens with zero attached hydrogens (tertiary/aromatic N) is 3. The number of para-hydroxylation sites is 1. The van der Waals surface area contributed by atoms with Gasteiger partial charge in [-0.1, -0.05) is 18.2 Å². The molecular formula is C18H16N4S. The predicted molar refractivity (Wildman–Crippen MR) is 95.2 cm³/mol. The quantitative estimate of drug-likeness (QED) is 0.595. The summed E-state index contributed by atoms with van der Waals surface area (Å²) < 4.78 is 3.09. The van der Waals surface area contributed by atoms with Gasteiger partial charge in [-0.25, -0.2) is 4.68 Å². The van der Waals surface area contributed by atoms with Crippen molar-refractivity contribution in [2.45, 2.75) is 13.0 Å². The van der Waals surface area contributed by atoms with Crippen molar-refractivity contribution in [3.05, 3.63) is 72.0 Å². The van der Waals surface area contributed by atoms with Crippen LogP contribution in [0.5, 0.6) is 0 Å². The molecule has 0 saturated heterocycles. The summed E-state index contributed by atoms with van der Waals surface area (Å²) in [7, 11) is 0. The van der Waals surface area contributed by atoms with Gasteiger partial charge >= 0.3 is 0 Å². The average Bonchev–Trinajstić information content (AvgIpc) is 3.27. The molecule has 0 amide bonds. The Bertz CT molecular complexity index is 927. The van der Waals surface area contributed by atoms with Crippen molar-refractivity contribution in [2.75, 3.05) is 5.32 Å². The Hall–Kier alpha value is -2.66. The van der Waals surface area contributed by atoms with Gasteiger partial charge in [-0.3, -0.25) is 4.98 Å². The zero-order chi connectivity index (χ0) is 15.6. The molecule has 0 spiro atoms. The van der Waals surface area contributed by atoms with E-state index in [2.05, 4.69) is 45.9 Å². The zero-order valence-corrected chi connectivity index (χ0v) is 13.5. The van der Waals surface area contributed by atoms with Crippen LogP contribution in [0.15, 0.2) is 66.4 Å². The zero-order valence-electron chi connectivity index (χ0n) is 12.7. The second-order valence-electron chi connectivity index (χ2n) is 5.37. The second kappa shape index (κ2) is 5.85. The minimum absolute atomic E-state index is 0.156. The fraction of sp³-hybridized carbons (Fsp3) is 0.111. The highest BCUT2D eigenvalue weighted by molar-refractivity contribution is 7.17. The molecular weight excluding hydrogens is 304 g/mol. The lowest BCUT2D eigenvalue weighted by molar-refractivity contribution is 0.819. The molecule has 1 unspecified atom stereocenters. The Kier molecular flexibility index (Phi) is 3.55. The van der Waals surface area contributed by atoms with Crippen molar-refractivity contribution in [1.82, 2.24) is 14.8 Å². The third-order valence-electron chi connectivity index (χ3n) is 3.87. The maximum atomic E-state index is 4.40. The van der Waals surface area contributed by atoms with Crippen LogP contribution in [0.3, 0.4) is 0 Å². The molecule has 3 heterocycles. The Morgan fingerprint density at radius 3 is 2.87 bits per heavy atom. The number of nitrogens with one attached hydrogen (secondary N) is 1. The molecule has 1 aromatic carbocycles. The Balaban J connectivity index is 1.70. The van der Waals surface area contributed by atoms with E-state index in [4.69, 9.17) is 0 Å². The van der Waals surface area contributed by atoms with Gasteiger partial charge in [0.2, 0.25) is 0 Å². The first-order chi connectivity index (χ1) is 11.3. The summed E-state index contributed by atoms with van der Waals surface area (Å²) in [6.07, 6.45) is 5.62. The first-order valence-electron chi connectivity index (χ1n) is 7.50. The van der Waals surface area contributed by atoms with Gasteiger partial charge in [-0.15, -0.1) is 11.3 Å². The number of anilines is 1. The standard InChI is InChI=1S/C18H16N4S/c1-13(21-16-7-10-19-15-8-12-23-18(15)16)14-5-2-3-6-17(14)22-11-4-9-20-22/h2-13H,1H3,(H,19,21). The number of benzene rings is 1. The summed E-state index contributed by atoms with van der Waals surface area (Å²) in [5, 5.41) is 10.1. The molecule has 114 valence electrons.